The molecule has 0 N–H and O–H groups in total. The first-order valence-corrected chi connectivity index (χ1v) is 20.6. The number of nitrogens with zero attached hydrogens (tertiary/aromatic N) is 1. The molecule has 0 bridgehead atoms. The van der Waals surface area contributed by atoms with Crippen molar-refractivity contribution < 1.29 is 4.74 Å². The Morgan fingerprint density at radius 2 is 1.33 bits per heavy atom. The standard InChI is InChI=1S/C56H45NO/c1-39-47(37-38-52(44-17-5-2-6-18-44)57-55(39)45-19-7-3-8-20-45)42-33-29-40(30-34-42)41-31-35-43(36-32-41)48-23-11-12-24-49(48)56(46-21-9-4-10-22-46)50-25-13-15-27-53(50)58-54-28-16-14-26-51(54)56/h2-7,9-19,21-31,33-36,38-39,41,55H,8,20,32H2,1H3. The van der Waals surface area contributed by atoms with Crippen molar-refractivity contribution in [2.75, 3.05) is 0 Å². The molecule has 3 atom stereocenters. The molecule has 0 spiro atoms. The Bertz CT molecular complexity index is 2670. The van der Waals surface area contributed by atoms with Crippen LogP contribution in [0.5, 0.6) is 11.5 Å². The predicted molar refractivity (Wildman–Crippen MR) is 240 cm³/mol. The molecular weight excluding hydrogens is 703 g/mol. The fourth-order valence-corrected chi connectivity index (χ4v) is 9.60. The van der Waals surface area contributed by atoms with E-state index in [4.69, 9.17) is 9.73 Å². The molecule has 0 saturated heterocycles. The summed E-state index contributed by atoms with van der Waals surface area (Å²) < 4.78 is 6.59. The zero-order valence-corrected chi connectivity index (χ0v) is 32.8. The van der Waals surface area contributed by atoms with Crippen LogP contribution in [0.2, 0.25) is 0 Å². The molecule has 0 saturated carbocycles. The van der Waals surface area contributed by atoms with Gasteiger partial charge >= 0.3 is 0 Å². The molecule has 2 nitrogen and oxygen atoms in total. The van der Waals surface area contributed by atoms with Gasteiger partial charge in [0.05, 0.1) is 17.2 Å². The molecule has 2 heterocycles. The summed E-state index contributed by atoms with van der Waals surface area (Å²) >= 11 is 0. The molecule has 280 valence electrons. The highest BCUT2D eigenvalue weighted by Gasteiger charge is 2.46. The number of hydrogen-bond donors (Lipinski definition) is 0. The first kappa shape index (κ1) is 35.7. The van der Waals surface area contributed by atoms with Crippen LogP contribution in [0, 0.1) is 5.92 Å². The third-order valence-corrected chi connectivity index (χ3v) is 12.5. The van der Waals surface area contributed by atoms with E-state index in [0.717, 1.165) is 53.2 Å². The van der Waals surface area contributed by atoms with Gasteiger partial charge in [-0.15, -0.1) is 5.73 Å². The summed E-state index contributed by atoms with van der Waals surface area (Å²) in [4.78, 5) is 5.38. The molecule has 2 aliphatic heterocycles. The maximum Gasteiger partial charge on any atom is 0.132 e. The van der Waals surface area contributed by atoms with Crippen LogP contribution in [0.25, 0.3) is 11.1 Å². The number of rotatable bonds is 7. The number of aliphatic imine (C=N–C) groups is 1. The number of para-hydroxylation sites is 2. The lowest BCUT2D eigenvalue weighted by Gasteiger charge is -2.42. The number of allylic oxidation sites excluding steroid dienone is 7. The van der Waals surface area contributed by atoms with Crippen LogP contribution in [0.4, 0.5) is 0 Å². The van der Waals surface area contributed by atoms with Crippen LogP contribution in [0.1, 0.15) is 76.6 Å². The topological polar surface area (TPSA) is 21.6 Å². The van der Waals surface area contributed by atoms with Crippen molar-refractivity contribution in [2.45, 2.75) is 43.6 Å². The molecule has 6 aromatic carbocycles. The Hall–Kier alpha value is -6.73. The quantitative estimate of drug-likeness (QED) is 0.149. The summed E-state index contributed by atoms with van der Waals surface area (Å²) in [6.45, 7) is 2.32. The Balaban J connectivity index is 0.980. The van der Waals surface area contributed by atoms with Gasteiger partial charge in [-0.2, -0.15) is 0 Å². The summed E-state index contributed by atoms with van der Waals surface area (Å²) in [5.74, 6) is 2.26. The highest BCUT2D eigenvalue weighted by atomic mass is 16.5. The molecule has 0 fully saturated rings. The minimum atomic E-state index is -0.570. The largest absolute Gasteiger partial charge is 0.457 e. The molecule has 0 amide bonds. The van der Waals surface area contributed by atoms with Crippen LogP contribution >= 0.6 is 0 Å². The van der Waals surface area contributed by atoms with Gasteiger partial charge in [0.15, 0.2) is 0 Å². The molecule has 6 aromatic rings. The van der Waals surface area contributed by atoms with Gasteiger partial charge in [-0.3, -0.25) is 4.99 Å². The summed E-state index contributed by atoms with van der Waals surface area (Å²) in [6.07, 6.45) is 19.0. The van der Waals surface area contributed by atoms with Gasteiger partial charge in [-0.25, -0.2) is 0 Å². The zero-order chi connectivity index (χ0) is 38.9. The highest BCUT2D eigenvalue weighted by molar-refractivity contribution is 6.09. The zero-order valence-electron chi connectivity index (χ0n) is 32.8. The fraction of sp³-hybridized carbons (Fsp3) is 0.143. The normalized spacial score (nSPS) is 20.3. The first-order chi connectivity index (χ1) is 28.7. The van der Waals surface area contributed by atoms with Gasteiger partial charge in [0, 0.05) is 40.2 Å². The molecule has 2 heteroatoms. The highest BCUT2D eigenvalue weighted by Crippen LogP contribution is 2.56. The van der Waals surface area contributed by atoms with Crippen molar-refractivity contribution >= 4 is 16.9 Å². The fourth-order valence-electron chi connectivity index (χ4n) is 9.60. The third-order valence-electron chi connectivity index (χ3n) is 12.5. The lowest BCUT2D eigenvalue weighted by atomic mass is 9.62. The SMILES string of the molecule is CC1C(c2ccc(C3C=CC(c4ccccc4C4(c5ccccc5)c5ccccc5Oc5ccccc54)=CC3)cc2)=C=CC(c2ccccc2)=NC1C1=CC=CCC1. The van der Waals surface area contributed by atoms with Crippen molar-refractivity contribution in [2.24, 2.45) is 10.9 Å². The van der Waals surface area contributed by atoms with Crippen molar-refractivity contribution in [3.8, 4) is 11.5 Å². The summed E-state index contributed by atoms with van der Waals surface area (Å²) in [6, 6.07) is 56.8. The second kappa shape index (κ2) is 15.3. The van der Waals surface area contributed by atoms with Crippen LogP contribution in [0.3, 0.4) is 0 Å². The van der Waals surface area contributed by atoms with E-state index in [1.165, 1.54) is 44.5 Å². The lowest BCUT2D eigenvalue weighted by molar-refractivity contribution is 0.434. The molecular formula is C56H45NO. The van der Waals surface area contributed by atoms with Crippen LogP contribution in [0.15, 0.2) is 217 Å². The molecule has 2 aliphatic carbocycles. The van der Waals surface area contributed by atoms with E-state index in [0.29, 0.717) is 0 Å². The van der Waals surface area contributed by atoms with Gasteiger partial charge < -0.3 is 4.74 Å². The van der Waals surface area contributed by atoms with Crippen molar-refractivity contribution in [1.29, 1.82) is 0 Å². The predicted octanol–water partition coefficient (Wildman–Crippen LogP) is 13.6. The Morgan fingerprint density at radius 1 is 0.672 bits per heavy atom. The van der Waals surface area contributed by atoms with Crippen molar-refractivity contribution in [3.05, 3.63) is 256 Å². The van der Waals surface area contributed by atoms with E-state index in [9.17, 15) is 0 Å². The molecule has 10 rings (SSSR count). The Kier molecular flexibility index (Phi) is 9.42. The molecule has 0 radical (unpaired) electrons. The van der Waals surface area contributed by atoms with E-state index < -0.39 is 5.41 Å². The number of benzene rings is 6. The second-order valence-electron chi connectivity index (χ2n) is 15.8. The molecule has 58 heavy (non-hydrogen) atoms. The number of fused-ring (bicyclic) bond motifs is 2. The van der Waals surface area contributed by atoms with Gasteiger partial charge in [-0.1, -0.05) is 189 Å². The second-order valence-corrected chi connectivity index (χ2v) is 15.8. The molecule has 3 unspecified atom stereocenters. The summed E-state index contributed by atoms with van der Waals surface area (Å²) in [5.41, 5.74) is 17.7. The van der Waals surface area contributed by atoms with E-state index in [1.807, 2.05) is 0 Å². The molecule has 4 aliphatic rings. The first-order valence-electron chi connectivity index (χ1n) is 20.6. The smallest absolute Gasteiger partial charge is 0.132 e. The number of hydrogen-bond acceptors (Lipinski definition) is 2. The lowest BCUT2D eigenvalue weighted by Crippen LogP contribution is -2.35. The minimum absolute atomic E-state index is 0.0675. The summed E-state index contributed by atoms with van der Waals surface area (Å²) in [5, 5.41) is 0. The van der Waals surface area contributed by atoms with Crippen LogP contribution in [-0.4, -0.2) is 11.8 Å². The minimum Gasteiger partial charge on any atom is -0.457 e. The van der Waals surface area contributed by atoms with Crippen molar-refractivity contribution in [3.63, 3.8) is 0 Å². The van der Waals surface area contributed by atoms with E-state index in [-0.39, 0.29) is 17.9 Å². The van der Waals surface area contributed by atoms with Crippen molar-refractivity contribution in [1.82, 2.24) is 0 Å². The van der Waals surface area contributed by atoms with Gasteiger partial charge in [-0.05, 0) is 70.4 Å². The van der Waals surface area contributed by atoms with E-state index >= 15 is 0 Å². The van der Waals surface area contributed by atoms with Gasteiger partial charge in [0.2, 0.25) is 0 Å². The average Bonchev–Trinajstić information content (AvgIpc) is 3.48. The molecule has 0 aromatic heterocycles. The van der Waals surface area contributed by atoms with Gasteiger partial charge in [0.1, 0.15) is 11.5 Å². The number of ether oxygens (including phenoxy) is 1. The van der Waals surface area contributed by atoms with Gasteiger partial charge in [0.25, 0.3) is 0 Å². The van der Waals surface area contributed by atoms with Crippen LogP contribution < -0.4 is 4.74 Å². The van der Waals surface area contributed by atoms with Crippen LogP contribution in [-0.2, 0) is 5.41 Å². The Morgan fingerprint density at radius 3 is 2.00 bits per heavy atom. The maximum absolute atomic E-state index is 6.59. The Labute approximate surface area is 342 Å². The summed E-state index contributed by atoms with van der Waals surface area (Å²) in [7, 11) is 0. The van der Waals surface area contributed by atoms with E-state index in [1.54, 1.807) is 0 Å². The monoisotopic (exact) mass is 747 g/mol. The maximum atomic E-state index is 6.59. The third kappa shape index (κ3) is 6.27. The van der Waals surface area contributed by atoms with E-state index in [2.05, 4.69) is 213 Å². The average molecular weight is 748 g/mol.